The molecule has 0 aliphatic carbocycles. The summed E-state index contributed by atoms with van der Waals surface area (Å²) in [6.07, 6.45) is 1.68. The van der Waals surface area contributed by atoms with Gasteiger partial charge in [0.25, 0.3) is 5.56 Å². The van der Waals surface area contributed by atoms with Gasteiger partial charge in [-0.1, -0.05) is 30.3 Å². The number of ether oxygens (including phenoxy) is 1. The lowest BCUT2D eigenvalue weighted by molar-refractivity contribution is -0.136. The normalized spacial score (nSPS) is 14.6. The molecule has 132 valence electrons. The molecule has 0 saturated carbocycles. The maximum atomic E-state index is 12.2. The molecule has 25 heavy (non-hydrogen) atoms. The number of amides is 1. The summed E-state index contributed by atoms with van der Waals surface area (Å²) in [7, 11) is 1.62. The van der Waals surface area contributed by atoms with Crippen LogP contribution >= 0.6 is 0 Å². The minimum absolute atomic E-state index is 0.00215. The van der Waals surface area contributed by atoms with Crippen LogP contribution in [0.25, 0.3) is 0 Å². The predicted molar refractivity (Wildman–Crippen MR) is 94.4 cm³/mol. The Kier molecular flexibility index (Phi) is 5.45. The topological polar surface area (TPSA) is 67.7 Å². The van der Waals surface area contributed by atoms with Crippen LogP contribution in [0.2, 0.25) is 0 Å². The SMILES string of the molecule is Cn1ncc(N2CCN(C(=O)COCc3ccccc3)CC2)cc1=O. The Morgan fingerprint density at radius 2 is 1.88 bits per heavy atom. The van der Waals surface area contributed by atoms with Gasteiger partial charge in [0, 0.05) is 39.3 Å². The molecule has 7 heteroatoms. The quantitative estimate of drug-likeness (QED) is 0.798. The molecular formula is C18H22N4O3. The Balaban J connectivity index is 1.45. The molecule has 0 bridgehead atoms. The summed E-state index contributed by atoms with van der Waals surface area (Å²) in [6.45, 7) is 3.11. The molecule has 1 aromatic carbocycles. The van der Waals surface area contributed by atoms with E-state index >= 15 is 0 Å². The average molecular weight is 342 g/mol. The maximum absolute atomic E-state index is 12.2. The number of piperazine rings is 1. The number of carbonyl (C=O) groups is 1. The van der Waals surface area contributed by atoms with Crippen LogP contribution in [0, 0.1) is 0 Å². The minimum atomic E-state index is -0.134. The molecule has 7 nitrogen and oxygen atoms in total. The third-order valence-electron chi connectivity index (χ3n) is 4.29. The number of nitrogens with zero attached hydrogens (tertiary/aromatic N) is 4. The van der Waals surface area contributed by atoms with Gasteiger partial charge >= 0.3 is 0 Å². The van der Waals surface area contributed by atoms with Gasteiger partial charge in [-0.15, -0.1) is 0 Å². The van der Waals surface area contributed by atoms with Crippen LogP contribution in [0.1, 0.15) is 5.56 Å². The number of aryl methyl sites for hydroxylation is 1. The number of hydrogen-bond donors (Lipinski definition) is 0. The lowest BCUT2D eigenvalue weighted by Crippen LogP contribution is -2.50. The van der Waals surface area contributed by atoms with Crippen molar-refractivity contribution < 1.29 is 9.53 Å². The molecule has 1 saturated heterocycles. The second-order valence-electron chi connectivity index (χ2n) is 6.02. The molecule has 1 aliphatic rings. The number of carbonyl (C=O) groups excluding carboxylic acids is 1. The van der Waals surface area contributed by atoms with Crippen LogP contribution in [0.3, 0.4) is 0 Å². The molecule has 3 rings (SSSR count). The van der Waals surface area contributed by atoms with E-state index in [4.69, 9.17) is 4.74 Å². The van der Waals surface area contributed by atoms with Crippen molar-refractivity contribution in [1.82, 2.24) is 14.7 Å². The molecule has 0 spiro atoms. The van der Waals surface area contributed by atoms with Gasteiger partial charge in [0.2, 0.25) is 5.91 Å². The smallest absolute Gasteiger partial charge is 0.268 e. The van der Waals surface area contributed by atoms with Gasteiger partial charge in [-0.2, -0.15) is 5.10 Å². The van der Waals surface area contributed by atoms with Gasteiger partial charge in [-0.3, -0.25) is 9.59 Å². The van der Waals surface area contributed by atoms with E-state index in [2.05, 4.69) is 10.00 Å². The van der Waals surface area contributed by atoms with Gasteiger partial charge in [0.05, 0.1) is 18.5 Å². The third-order valence-corrected chi connectivity index (χ3v) is 4.29. The highest BCUT2D eigenvalue weighted by molar-refractivity contribution is 5.77. The second-order valence-corrected chi connectivity index (χ2v) is 6.02. The third kappa shape index (κ3) is 4.45. The van der Waals surface area contributed by atoms with Gasteiger partial charge in [0.1, 0.15) is 6.61 Å². The zero-order valence-electron chi connectivity index (χ0n) is 14.3. The monoisotopic (exact) mass is 342 g/mol. The summed E-state index contributed by atoms with van der Waals surface area (Å²) < 4.78 is 6.82. The second kappa shape index (κ2) is 7.94. The number of hydrogen-bond acceptors (Lipinski definition) is 5. The van der Waals surface area contributed by atoms with Crippen molar-refractivity contribution in [2.75, 3.05) is 37.7 Å². The van der Waals surface area contributed by atoms with Crippen LogP contribution in [0.15, 0.2) is 47.4 Å². The van der Waals surface area contributed by atoms with Crippen molar-refractivity contribution in [3.05, 3.63) is 58.5 Å². The molecule has 2 aromatic rings. The first kappa shape index (κ1) is 17.2. The summed E-state index contributed by atoms with van der Waals surface area (Å²) in [5.41, 5.74) is 1.72. The summed E-state index contributed by atoms with van der Waals surface area (Å²) in [5.74, 6) is -0.00215. The van der Waals surface area contributed by atoms with Crippen molar-refractivity contribution in [3.63, 3.8) is 0 Å². The fraction of sp³-hybridized carbons (Fsp3) is 0.389. The van der Waals surface area contributed by atoms with E-state index in [1.807, 2.05) is 30.3 Å². The van der Waals surface area contributed by atoms with Crippen molar-refractivity contribution in [2.24, 2.45) is 7.05 Å². The molecule has 0 radical (unpaired) electrons. The number of benzene rings is 1. The van der Waals surface area contributed by atoms with E-state index in [0.29, 0.717) is 32.8 Å². The number of anilines is 1. The fourth-order valence-electron chi connectivity index (χ4n) is 2.77. The molecule has 1 aromatic heterocycles. The number of rotatable bonds is 5. The van der Waals surface area contributed by atoms with E-state index < -0.39 is 0 Å². The van der Waals surface area contributed by atoms with Crippen molar-refractivity contribution in [1.29, 1.82) is 0 Å². The largest absolute Gasteiger partial charge is 0.367 e. The van der Waals surface area contributed by atoms with Gasteiger partial charge in [0.15, 0.2) is 0 Å². The Bertz CT molecular complexity index is 767. The Hall–Kier alpha value is -2.67. The average Bonchev–Trinajstić information content (AvgIpc) is 2.65. The van der Waals surface area contributed by atoms with Crippen LogP contribution in [0.5, 0.6) is 0 Å². The van der Waals surface area contributed by atoms with Gasteiger partial charge in [-0.25, -0.2) is 4.68 Å². The van der Waals surface area contributed by atoms with E-state index in [-0.39, 0.29) is 18.1 Å². The molecular weight excluding hydrogens is 320 g/mol. The van der Waals surface area contributed by atoms with Crippen LogP contribution < -0.4 is 10.5 Å². The summed E-state index contributed by atoms with van der Waals surface area (Å²) >= 11 is 0. The summed E-state index contributed by atoms with van der Waals surface area (Å²) in [4.78, 5) is 27.8. The van der Waals surface area contributed by atoms with Crippen molar-refractivity contribution in [2.45, 2.75) is 6.61 Å². The van der Waals surface area contributed by atoms with E-state index in [0.717, 1.165) is 11.3 Å². The molecule has 1 fully saturated rings. The Labute approximate surface area is 146 Å². The maximum Gasteiger partial charge on any atom is 0.268 e. The van der Waals surface area contributed by atoms with E-state index in [1.165, 1.54) is 4.68 Å². The van der Waals surface area contributed by atoms with E-state index in [9.17, 15) is 9.59 Å². The zero-order valence-corrected chi connectivity index (χ0v) is 14.3. The molecule has 2 heterocycles. The molecule has 1 amide bonds. The summed E-state index contributed by atoms with van der Waals surface area (Å²) in [6, 6.07) is 11.4. The lowest BCUT2D eigenvalue weighted by atomic mass is 10.2. The highest BCUT2D eigenvalue weighted by Crippen LogP contribution is 2.13. The fourth-order valence-corrected chi connectivity index (χ4v) is 2.77. The Morgan fingerprint density at radius 3 is 2.56 bits per heavy atom. The van der Waals surface area contributed by atoms with Gasteiger partial charge < -0.3 is 14.5 Å². The Morgan fingerprint density at radius 1 is 1.16 bits per heavy atom. The minimum Gasteiger partial charge on any atom is -0.367 e. The molecule has 0 atom stereocenters. The van der Waals surface area contributed by atoms with Crippen molar-refractivity contribution >= 4 is 11.6 Å². The first-order chi connectivity index (χ1) is 12.1. The van der Waals surface area contributed by atoms with Gasteiger partial charge in [-0.05, 0) is 5.56 Å². The van der Waals surface area contributed by atoms with E-state index in [1.54, 1.807) is 24.2 Å². The van der Waals surface area contributed by atoms with Crippen LogP contribution in [0.4, 0.5) is 5.69 Å². The highest BCUT2D eigenvalue weighted by atomic mass is 16.5. The number of aromatic nitrogens is 2. The standard InChI is InChI=1S/C18H22N4O3/c1-20-17(23)11-16(12-19-20)21-7-9-22(10-8-21)18(24)14-25-13-15-5-3-2-4-6-15/h2-6,11-12H,7-10,13-14H2,1H3. The van der Waals surface area contributed by atoms with Crippen LogP contribution in [-0.4, -0.2) is 53.4 Å². The predicted octanol–water partition coefficient (Wildman–Crippen LogP) is 0.646. The highest BCUT2D eigenvalue weighted by Gasteiger charge is 2.21. The first-order valence-corrected chi connectivity index (χ1v) is 8.31. The van der Waals surface area contributed by atoms with Crippen LogP contribution in [-0.2, 0) is 23.2 Å². The first-order valence-electron chi connectivity index (χ1n) is 8.31. The van der Waals surface area contributed by atoms with Crippen molar-refractivity contribution in [3.8, 4) is 0 Å². The molecule has 1 aliphatic heterocycles. The zero-order chi connectivity index (χ0) is 17.6. The molecule has 0 unspecified atom stereocenters. The summed E-state index contributed by atoms with van der Waals surface area (Å²) in [5, 5.41) is 4.04. The lowest BCUT2D eigenvalue weighted by Gasteiger charge is -2.35. The molecule has 0 N–H and O–H groups in total.